The predicted molar refractivity (Wildman–Crippen MR) is 114 cm³/mol. The largest absolute Gasteiger partial charge is 0.396 e. The molecule has 0 saturated carbocycles. The molecule has 0 spiro atoms. The zero-order chi connectivity index (χ0) is 18.0. The molecule has 1 aliphatic rings. The summed E-state index contributed by atoms with van der Waals surface area (Å²) in [5.41, 5.74) is 5.43. The molecule has 7 heteroatoms. The SMILES string of the molecule is CCNC(=NCC(CC)(CC)CCO)N1CCCC(CC(N)=O)C1.I. The van der Waals surface area contributed by atoms with Gasteiger partial charge in [-0.25, -0.2) is 0 Å². The van der Waals surface area contributed by atoms with Crippen molar-refractivity contribution in [1.29, 1.82) is 0 Å². The van der Waals surface area contributed by atoms with E-state index in [0.29, 0.717) is 12.3 Å². The summed E-state index contributed by atoms with van der Waals surface area (Å²) >= 11 is 0. The van der Waals surface area contributed by atoms with Crippen LogP contribution in [0, 0.1) is 11.3 Å². The molecule has 1 heterocycles. The number of nitrogens with one attached hydrogen (secondary N) is 1. The van der Waals surface area contributed by atoms with Gasteiger partial charge < -0.3 is 21.1 Å². The topological polar surface area (TPSA) is 91.0 Å². The number of hydrogen-bond donors (Lipinski definition) is 3. The van der Waals surface area contributed by atoms with Gasteiger partial charge in [0.15, 0.2) is 5.96 Å². The van der Waals surface area contributed by atoms with Crippen molar-refractivity contribution in [2.24, 2.45) is 22.1 Å². The van der Waals surface area contributed by atoms with Crippen molar-refractivity contribution < 1.29 is 9.90 Å². The third-order valence-electron chi connectivity index (χ3n) is 5.35. The van der Waals surface area contributed by atoms with Gasteiger partial charge in [0.1, 0.15) is 0 Å². The van der Waals surface area contributed by atoms with E-state index in [2.05, 4.69) is 31.0 Å². The molecule has 4 N–H and O–H groups in total. The number of guanidine groups is 1. The normalized spacial score (nSPS) is 18.6. The molecule has 0 aromatic rings. The van der Waals surface area contributed by atoms with Crippen LogP contribution >= 0.6 is 24.0 Å². The van der Waals surface area contributed by atoms with Crippen LogP contribution in [0.4, 0.5) is 0 Å². The van der Waals surface area contributed by atoms with Crippen molar-refractivity contribution in [2.75, 3.05) is 32.8 Å². The average molecular weight is 468 g/mol. The van der Waals surface area contributed by atoms with E-state index in [1.165, 1.54) is 0 Å². The van der Waals surface area contributed by atoms with Gasteiger partial charge in [0.2, 0.25) is 5.91 Å². The number of nitrogens with two attached hydrogens (primary N) is 1. The van der Waals surface area contributed by atoms with E-state index in [9.17, 15) is 9.90 Å². The first-order valence-corrected chi connectivity index (χ1v) is 9.42. The second-order valence-corrected chi connectivity index (χ2v) is 6.98. The van der Waals surface area contributed by atoms with Crippen molar-refractivity contribution in [3.8, 4) is 0 Å². The van der Waals surface area contributed by atoms with Crippen LogP contribution in [0.1, 0.15) is 59.3 Å². The standard InChI is InChI=1S/C18H36N4O2.HI/c1-4-18(5-2,9-11-23)14-21-17(20-6-3)22-10-7-8-15(13-22)12-16(19)24;/h15,23H,4-14H2,1-3H3,(H2,19,24)(H,20,21);1H. The summed E-state index contributed by atoms with van der Waals surface area (Å²) < 4.78 is 0. The smallest absolute Gasteiger partial charge is 0.217 e. The lowest BCUT2D eigenvalue weighted by atomic mass is 9.79. The van der Waals surface area contributed by atoms with Crippen LogP contribution in [-0.4, -0.2) is 54.7 Å². The highest BCUT2D eigenvalue weighted by molar-refractivity contribution is 14.0. The fraction of sp³-hybridized carbons (Fsp3) is 0.889. The quantitative estimate of drug-likeness (QED) is 0.275. The zero-order valence-corrected chi connectivity index (χ0v) is 18.4. The number of aliphatic imine (C=N–C) groups is 1. The molecule has 0 radical (unpaired) electrons. The van der Waals surface area contributed by atoms with E-state index >= 15 is 0 Å². The van der Waals surface area contributed by atoms with Crippen LogP contribution in [0.5, 0.6) is 0 Å². The van der Waals surface area contributed by atoms with Crippen LogP contribution < -0.4 is 11.1 Å². The Morgan fingerprint density at radius 2 is 2.04 bits per heavy atom. The Labute approximate surface area is 170 Å². The number of likely N-dealkylation sites (tertiary alicyclic amines) is 1. The van der Waals surface area contributed by atoms with Gasteiger partial charge in [-0.1, -0.05) is 13.8 Å². The Morgan fingerprint density at radius 3 is 2.56 bits per heavy atom. The summed E-state index contributed by atoms with van der Waals surface area (Å²) in [6, 6.07) is 0. The summed E-state index contributed by atoms with van der Waals surface area (Å²) in [4.78, 5) is 18.4. The van der Waals surface area contributed by atoms with Crippen molar-refractivity contribution in [3.05, 3.63) is 0 Å². The van der Waals surface area contributed by atoms with Crippen molar-refractivity contribution >= 4 is 35.8 Å². The lowest BCUT2D eigenvalue weighted by Gasteiger charge is -2.36. The summed E-state index contributed by atoms with van der Waals surface area (Å²) in [5.74, 6) is 1.03. The minimum absolute atomic E-state index is 0. The van der Waals surface area contributed by atoms with Crippen molar-refractivity contribution in [2.45, 2.75) is 59.3 Å². The highest BCUT2D eigenvalue weighted by Crippen LogP contribution is 2.31. The molecule has 1 aliphatic heterocycles. The van der Waals surface area contributed by atoms with Gasteiger partial charge in [0.05, 0.1) is 0 Å². The Morgan fingerprint density at radius 1 is 1.36 bits per heavy atom. The van der Waals surface area contributed by atoms with Gasteiger partial charge in [0.25, 0.3) is 0 Å². The number of primary amides is 1. The van der Waals surface area contributed by atoms with Crippen LogP contribution in [0.15, 0.2) is 4.99 Å². The third kappa shape index (κ3) is 8.11. The molecule has 1 atom stereocenters. The molecule has 1 unspecified atom stereocenters. The molecular weight excluding hydrogens is 431 g/mol. The number of amides is 1. The minimum atomic E-state index is -0.220. The molecule has 25 heavy (non-hydrogen) atoms. The first-order chi connectivity index (χ1) is 11.5. The van der Waals surface area contributed by atoms with Gasteiger partial charge in [-0.3, -0.25) is 9.79 Å². The lowest BCUT2D eigenvalue weighted by molar-refractivity contribution is -0.119. The summed E-state index contributed by atoms with van der Waals surface area (Å²) in [7, 11) is 0. The summed E-state index contributed by atoms with van der Waals surface area (Å²) in [6.07, 6.45) is 5.37. The predicted octanol–water partition coefficient (Wildman–Crippen LogP) is 2.35. The second-order valence-electron chi connectivity index (χ2n) is 6.98. The number of nitrogens with zero attached hydrogens (tertiary/aromatic N) is 2. The first-order valence-electron chi connectivity index (χ1n) is 9.42. The number of halogens is 1. The monoisotopic (exact) mass is 468 g/mol. The Kier molecular flexibility index (Phi) is 12.4. The van der Waals surface area contributed by atoms with E-state index in [0.717, 1.165) is 64.2 Å². The van der Waals surface area contributed by atoms with Gasteiger partial charge in [0, 0.05) is 39.2 Å². The fourth-order valence-electron chi connectivity index (χ4n) is 3.52. The van der Waals surface area contributed by atoms with Gasteiger partial charge >= 0.3 is 0 Å². The Bertz CT molecular complexity index is 414. The molecule has 1 saturated heterocycles. The highest BCUT2D eigenvalue weighted by Gasteiger charge is 2.27. The number of aliphatic hydroxyl groups excluding tert-OH is 1. The number of aliphatic hydroxyl groups is 1. The molecule has 0 aliphatic carbocycles. The molecule has 0 bridgehead atoms. The number of hydrogen-bond acceptors (Lipinski definition) is 3. The van der Waals surface area contributed by atoms with Gasteiger partial charge in [-0.05, 0) is 50.4 Å². The second kappa shape index (κ2) is 12.7. The van der Waals surface area contributed by atoms with Crippen LogP contribution in [0.25, 0.3) is 0 Å². The summed E-state index contributed by atoms with van der Waals surface area (Å²) in [5, 5.41) is 12.8. The van der Waals surface area contributed by atoms with Crippen LogP contribution in [0.3, 0.4) is 0 Å². The molecule has 6 nitrogen and oxygen atoms in total. The molecule has 0 aromatic heterocycles. The maximum atomic E-state index is 11.2. The number of carbonyl (C=O) groups excluding carboxylic acids is 1. The van der Waals surface area contributed by atoms with E-state index < -0.39 is 0 Å². The average Bonchev–Trinajstić information content (AvgIpc) is 2.57. The molecule has 1 rings (SSSR count). The van der Waals surface area contributed by atoms with Gasteiger partial charge in [-0.2, -0.15) is 0 Å². The maximum absolute atomic E-state index is 11.2. The third-order valence-corrected chi connectivity index (χ3v) is 5.35. The first kappa shape index (κ1) is 24.4. The van der Waals surface area contributed by atoms with E-state index in [4.69, 9.17) is 10.7 Å². The number of piperidine rings is 1. The Balaban J connectivity index is 0.00000576. The van der Waals surface area contributed by atoms with Crippen LogP contribution in [-0.2, 0) is 4.79 Å². The van der Waals surface area contributed by atoms with Crippen molar-refractivity contribution in [1.82, 2.24) is 10.2 Å². The maximum Gasteiger partial charge on any atom is 0.217 e. The van der Waals surface area contributed by atoms with Crippen molar-refractivity contribution in [3.63, 3.8) is 0 Å². The van der Waals surface area contributed by atoms with E-state index in [1.807, 2.05) is 0 Å². The molecule has 1 fully saturated rings. The zero-order valence-electron chi connectivity index (χ0n) is 16.1. The fourth-order valence-corrected chi connectivity index (χ4v) is 3.52. The number of rotatable bonds is 9. The molecule has 0 aromatic carbocycles. The Hall–Kier alpha value is -0.570. The molecule has 1 amide bonds. The van der Waals surface area contributed by atoms with Gasteiger partial charge in [-0.15, -0.1) is 24.0 Å². The highest BCUT2D eigenvalue weighted by atomic mass is 127. The minimum Gasteiger partial charge on any atom is -0.396 e. The summed E-state index contributed by atoms with van der Waals surface area (Å²) in [6.45, 7) is 9.96. The number of carbonyl (C=O) groups is 1. The lowest BCUT2D eigenvalue weighted by Crippen LogP contribution is -2.47. The molecular formula is C18H37IN4O2. The van der Waals surface area contributed by atoms with Crippen LogP contribution in [0.2, 0.25) is 0 Å². The van der Waals surface area contributed by atoms with E-state index in [1.54, 1.807) is 0 Å². The van der Waals surface area contributed by atoms with E-state index in [-0.39, 0.29) is 41.9 Å². The molecule has 148 valence electrons.